The number of rotatable bonds is 1. The molecule has 4 nitrogen and oxygen atoms in total. The summed E-state index contributed by atoms with van der Waals surface area (Å²) in [5.74, 6) is -0.0739. The number of morpholine rings is 1. The van der Waals surface area contributed by atoms with Crippen molar-refractivity contribution in [1.82, 2.24) is 9.88 Å². The van der Waals surface area contributed by atoms with Crippen molar-refractivity contribution in [3.05, 3.63) is 28.5 Å². The minimum Gasteiger partial charge on any atom is -0.375 e. The van der Waals surface area contributed by atoms with Crippen molar-refractivity contribution in [2.45, 2.75) is 32.9 Å². The minimum atomic E-state index is -0.0739. The Hall–Kier alpha value is -1.13. The van der Waals surface area contributed by atoms with Gasteiger partial charge in [0.15, 0.2) is 0 Å². The van der Waals surface area contributed by atoms with Crippen LogP contribution < -0.4 is 0 Å². The smallest absolute Gasteiger partial charge is 0.257 e. The van der Waals surface area contributed by atoms with E-state index in [1.165, 1.54) is 0 Å². The molecule has 18 heavy (non-hydrogen) atoms. The molecule has 0 saturated carbocycles. The van der Waals surface area contributed by atoms with E-state index in [1.54, 1.807) is 17.2 Å². The zero-order chi connectivity index (χ0) is 13.3. The van der Waals surface area contributed by atoms with Crippen molar-refractivity contribution in [1.29, 1.82) is 0 Å². The third-order valence-electron chi connectivity index (χ3n) is 3.09. The van der Waals surface area contributed by atoms with Crippen LogP contribution in [0.25, 0.3) is 0 Å². The van der Waals surface area contributed by atoms with Gasteiger partial charge >= 0.3 is 0 Å². The molecular weight excluding hydrogens is 252 g/mol. The van der Waals surface area contributed by atoms with Gasteiger partial charge in [0.2, 0.25) is 0 Å². The van der Waals surface area contributed by atoms with Gasteiger partial charge in [-0.05, 0) is 26.8 Å². The number of aryl methyl sites for hydroxylation is 1. The molecule has 0 bridgehead atoms. The van der Waals surface area contributed by atoms with E-state index in [9.17, 15) is 4.79 Å². The maximum absolute atomic E-state index is 12.4. The predicted octanol–water partition coefficient (Wildman–Crippen LogP) is 2.29. The third-order valence-corrected chi connectivity index (χ3v) is 3.40. The lowest BCUT2D eigenvalue weighted by Gasteiger charge is -2.36. The Morgan fingerprint density at radius 3 is 2.94 bits per heavy atom. The Morgan fingerprint density at radius 2 is 2.28 bits per heavy atom. The highest BCUT2D eigenvalue weighted by Gasteiger charge is 2.29. The summed E-state index contributed by atoms with van der Waals surface area (Å²) in [4.78, 5) is 18.4. The fourth-order valence-corrected chi connectivity index (χ4v) is 2.31. The van der Waals surface area contributed by atoms with Gasteiger partial charge in [0.05, 0.1) is 29.3 Å². The highest BCUT2D eigenvalue weighted by Crippen LogP contribution is 2.21. The van der Waals surface area contributed by atoms with Crippen LogP contribution in [0, 0.1) is 6.92 Å². The van der Waals surface area contributed by atoms with E-state index in [4.69, 9.17) is 16.3 Å². The molecule has 2 heterocycles. The lowest BCUT2D eigenvalue weighted by Crippen LogP contribution is -2.50. The Morgan fingerprint density at radius 1 is 1.56 bits per heavy atom. The number of ether oxygens (including phenoxy) is 1. The minimum absolute atomic E-state index is 0.0577. The summed E-state index contributed by atoms with van der Waals surface area (Å²) in [6, 6.07) is 1.77. The lowest BCUT2D eigenvalue weighted by molar-refractivity contribution is -0.0387. The molecule has 1 aromatic heterocycles. The largest absolute Gasteiger partial charge is 0.375 e. The van der Waals surface area contributed by atoms with Crippen LogP contribution in [0.1, 0.15) is 29.9 Å². The van der Waals surface area contributed by atoms with Gasteiger partial charge in [-0.1, -0.05) is 11.6 Å². The number of aromatic nitrogens is 1. The summed E-state index contributed by atoms with van der Waals surface area (Å²) in [7, 11) is 0. The molecule has 2 atom stereocenters. The molecule has 5 heteroatoms. The van der Waals surface area contributed by atoms with Crippen LogP contribution in [0.5, 0.6) is 0 Å². The van der Waals surface area contributed by atoms with Crippen molar-refractivity contribution in [3.63, 3.8) is 0 Å². The lowest BCUT2D eigenvalue weighted by atomic mass is 10.1. The first-order chi connectivity index (χ1) is 8.49. The van der Waals surface area contributed by atoms with Gasteiger partial charge in [0.1, 0.15) is 0 Å². The van der Waals surface area contributed by atoms with Gasteiger partial charge in [-0.3, -0.25) is 9.78 Å². The maximum Gasteiger partial charge on any atom is 0.257 e. The second-order valence-corrected chi connectivity index (χ2v) is 5.16. The van der Waals surface area contributed by atoms with Crippen molar-refractivity contribution in [2.24, 2.45) is 0 Å². The molecule has 1 fully saturated rings. The molecule has 1 aliphatic heterocycles. The van der Waals surface area contributed by atoms with E-state index in [-0.39, 0.29) is 18.1 Å². The predicted molar refractivity (Wildman–Crippen MR) is 69.9 cm³/mol. The highest BCUT2D eigenvalue weighted by atomic mass is 35.5. The van der Waals surface area contributed by atoms with Crippen molar-refractivity contribution < 1.29 is 9.53 Å². The number of hydrogen-bond acceptors (Lipinski definition) is 3. The van der Waals surface area contributed by atoms with E-state index in [1.807, 2.05) is 20.8 Å². The SMILES string of the molecule is Cc1cc(Cl)c(C(=O)N2CC(C)OCC2C)cn1. The van der Waals surface area contributed by atoms with Crippen molar-refractivity contribution in [3.8, 4) is 0 Å². The topological polar surface area (TPSA) is 42.4 Å². The normalized spacial score (nSPS) is 24.1. The van der Waals surface area contributed by atoms with E-state index in [0.29, 0.717) is 23.7 Å². The van der Waals surface area contributed by atoms with E-state index in [0.717, 1.165) is 5.69 Å². The summed E-state index contributed by atoms with van der Waals surface area (Å²) >= 11 is 6.11. The van der Waals surface area contributed by atoms with Crippen LogP contribution in [0.4, 0.5) is 0 Å². The second kappa shape index (κ2) is 5.24. The van der Waals surface area contributed by atoms with Gasteiger partial charge < -0.3 is 9.64 Å². The van der Waals surface area contributed by atoms with Gasteiger partial charge in [0, 0.05) is 18.4 Å². The fraction of sp³-hybridized carbons (Fsp3) is 0.538. The number of pyridine rings is 1. The molecule has 0 aliphatic carbocycles. The van der Waals surface area contributed by atoms with Crippen LogP contribution in [0.3, 0.4) is 0 Å². The Kier molecular flexibility index (Phi) is 3.88. The molecule has 1 aromatic rings. The quantitative estimate of drug-likeness (QED) is 0.785. The van der Waals surface area contributed by atoms with Gasteiger partial charge in [-0.25, -0.2) is 0 Å². The number of carbonyl (C=O) groups is 1. The zero-order valence-corrected chi connectivity index (χ0v) is 11.6. The summed E-state index contributed by atoms with van der Waals surface area (Å²) < 4.78 is 5.51. The average molecular weight is 269 g/mol. The standard InChI is InChI=1S/C13H17ClN2O2/c1-8-4-12(14)11(5-15-8)13(17)16-6-10(3)18-7-9(16)2/h4-5,9-10H,6-7H2,1-3H3. The average Bonchev–Trinajstić information content (AvgIpc) is 2.31. The monoisotopic (exact) mass is 268 g/mol. The summed E-state index contributed by atoms with van der Waals surface area (Å²) in [5.41, 5.74) is 1.27. The highest BCUT2D eigenvalue weighted by molar-refractivity contribution is 6.33. The molecule has 98 valence electrons. The summed E-state index contributed by atoms with van der Waals surface area (Å²) in [6.45, 7) is 6.92. The number of hydrogen-bond donors (Lipinski definition) is 0. The number of amides is 1. The Balaban J connectivity index is 2.24. The summed E-state index contributed by atoms with van der Waals surface area (Å²) in [5, 5.41) is 0.457. The zero-order valence-electron chi connectivity index (χ0n) is 10.8. The molecule has 1 aliphatic rings. The first-order valence-corrected chi connectivity index (χ1v) is 6.41. The third kappa shape index (κ3) is 2.65. The fourth-order valence-electron chi connectivity index (χ4n) is 2.02. The molecule has 1 saturated heterocycles. The molecule has 2 rings (SSSR count). The van der Waals surface area contributed by atoms with Crippen LogP contribution in [0.15, 0.2) is 12.3 Å². The van der Waals surface area contributed by atoms with Crippen LogP contribution in [0.2, 0.25) is 5.02 Å². The van der Waals surface area contributed by atoms with Gasteiger partial charge in [0.25, 0.3) is 5.91 Å². The van der Waals surface area contributed by atoms with E-state index < -0.39 is 0 Å². The molecule has 0 N–H and O–H groups in total. The number of halogens is 1. The first-order valence-electron chi connectivity index (χ1n) is 6.03. The molecule has 0 spiro atoms. The molecule has 0 radical (unpaired) electrons. The van der Waals surface area contributed by atoms with Crippen LogP contribution >= 0.6 is 11.6 Å². The summed E-state index contributed by atoms with van der Waals surface area (Å²) in [6.07, 6.45) is 1.61. The number of nitrogens with zero attached hydrogens (tertiary/aromatic N) is 2. The van der Waals surface area contributed by atoms with Gasteiger partial charge in [-0.2, -0.15) is 0 Å². The molecule has 1 amide bonds. The first kappa shape index (κ1) is 13.3. The van der Waals surface area contributed by atoms with E-state index in [2.05, 4.69) is 4.98 Å². The Bertz CT molecular complexity index is 464. The Labute approximate surface area is 112 Å². The van der Waals surface area contributed by atoms with Gasteiger partial charge in [-0.15, -0.1) is 0 Å². The van der Waals surface area contributed by atoms with Crippen molar-refractivity contribution in [2.75, 3.05) is 13.2 Å². The van der Waals surface area contributed by atoms with Crippen molar-refractivity contribution >= 4 is 17.5 Å². The maximum atomic E-state index is 12.4. The van der Waals surface area contributed by atoms with Crippen LogP contribution in [-0.4, -0.2) is 41.1 Å². The molecular formula is C13H17ClN2O2. The van der Waals surface area contributed by atoms with E-state index >= 15 is 0 Å². The molecule has 2 unspecified atom stereocenters. The van der Waals surface area contributed by atoms with Crippen LogP contribution in [-0.2, 0) is 4.74 Å². The number of carbonyl (C=O) groups excluding carboxylic acids is 1. The molecule has 0 aromatic carbocycles. The second-order valence-electron chi connectivity index (χ2n) is 4.76.